The smallest absolute Gasteiger partial charge is 0.422 e. The highest BCUT2D eigenvalue weighted by Crippen LogP contribution is 2.22. The first kappa shape index (κ1) is 24.1. The number of nitrogens with one attached hydrogen (secondary N) is 2. The number of hydrogen-bond donors (Lipinski definition) is 2. The molecule has 0 aliphatic carbocycles. The van der Waals surface area contributed by atoms with E-state index >= 15 is 0 Å². The van der Waals surface area contributed by atoms with Crippen molar-refractivity contribution in [3.63, 3.8) is 0 Å². The fraction of sp³-hybridized carbons (Fsp3) is 0.381. The van der Waals surface area contributed by atoms with Gasteiger partial charge >= 0.3 is 6.18 Å². The minimum absolute atomic E-state index is 0.212. The van der Waals surface area contributed by atoms with E-state index in [2.05, 4.69) is 20.4 Å². The Morgan fingerprint density at radius 3 is 2.39 bits per heavy atom. The summed E-state index contributed by atoms with van der Waals surface area (Å²) in [5.41, 5.74) is 0.894. The van der Waals surface area contributed by atoms with Gasteiger partial charge in [-0.15, -0.1) is 0 Å². The molecule has 2 N–H and O–H groups in total. The normalized spacial score (nSPS) is 12.4. The molecule has 0 bridgehead atoms. The molecule has 1 aromatic carbocycles. The van der Waals surface area contributed by atoms with Crippen molar-refractivity contribution in [2.45, 2.75) is 39.9 Å². The number of ether oxygens (including phenoxy) is 1. The molecule has 0 saturated carbocycles. The zero-order chi connectivity index (χ0) is 23.3. The highest BCUT2D eigenvalue weighted by molar-refractivity contribution is 5.95. The molecule has 1 aromatic heterocycles. The number of rotatable bonds is 7. The van der Waals surface area contributed by atoms with E-state index in [-0.39, 0.29) is 23.1 Å². The number of alkyl halides is 3. The van der Waals surface area contributed by atoms with Crippen LogP contribution >= 0.6 is 0 Å². The monoisotopic (exact) mass is 441 g/mol. The van der Waals surface area contributed by atoms with Crippen molar-refractivity contribution in [3.05, 3.63) is 53.0 Å². The number of anilines is 1. The molecule has 2 rings (SSSR count). The Hall–Kier alpha value is -3.17. The van der Waals surface area contributed by atoms with Crippen molar-refractivity contribution >= 4 is 17.6 Å². The fourth-order valence-electron chi connectivity index (χ4n) is 2.57. The maximum absolute atomic E-state index is 14.2. The van der Waals surface area contributed by atoms with Crippen LogP contribution in [0.1, 0.15) is 48.4 Å². The van der Waals surface area contributed by atoms with E-state index in [1.165, 1.54) is 0 Å². The van der Waals surface area contributed by atoms with Gasteiger partial charge in [-0.1, -0.05) is 13.8 Å². The number of carbonyl (C=O) groups excluding carboxylic acids is 2. The van der Waals surface area contributed by atoms with Gasteiger partial charge in [-0.2, -0.15) is 13.2 Å². The molecule has 1 heterocycles. The highest BCUT2D eigenvalue weighted by Gasteiger charge is 2.28. The minimum atomic E-state index is -4.56. The second-order valence-electron chi connectivity index (χ2n) is 7.31. The Morgan fingerprint density at radius 1 is 1.13 bits per heavy atom. The van der Waals surface area contributed by atoms with Gasteiger partial charge < -0.3 is 15.4 Å². The van der Waals surface area contributed by atoms with Gasteiger partial charge in [0.05, 0.1) is 11.6 Å². The van der Waals surface area contributed by atoms with Crippen LogP contribution < -0.4 is 15.4 Å². The van der Waals surface area contributed by atoms with Crippen LogP contribution in [-0.2, 0) is 4.79 Å². The summed E-state index contributed by atoms with van der Waals surface area (Å²) in [5, 5.41) is 5.30. The summed E-state index contributed by atoms with van der Waals surface area (Å²) < 4.78 is 55.3. The van der Waals surface area contributed by atoms with E-state index in [9.17, 15) is 27.2 Å². The molecule has 0 aliphatic heterocycles. The zero-order valence-electron chi connectivity index (χ0n) is 17.4. The standard InChI is InChI=1S/C21H23F4N3O3/c1-11(2)19(29)28-18-8-14(7-12(3)26-18)13(4)27-20(30)16-6-5-15(9-17(16)22)31-10-21(23,24)25/h5-9,11,13H,10H2,1-4H3,(H,27,30)(H,26,28,29). The van der Waals surface area contributed by atoms with Crippen molar-refractivity contribution in [1.82, 2.24) is 10.3 Å². The number of nitrogens with zero attached hydrogens (tertiary/aromatic N) is 1. The molecule has 0 aliphatic rings. The Kier molecular flexibility index (Phi) is 7.59. The van der Waals surface area contributed by atoms with Crippen LogP contribution in [0.3, 0.4) is 0 Å². The quantitative estimate of drug-likeness (QED) is 0.618. The summed E-state index contributed by atoms with van der Waals surface area (Å²) in [6, 6.07) is 5.61. The van der Waals surface area contributed by atoms with E-state index in [1.807, 2.05) is 0 Å². The molecule has 0 spiro atoms. The number of pyridine rings is 1. The molecule has 0 saturated heterocycles. The Morgan fingerprint density at radius 2 is 1.81 bits per heavy atom. The lowest BCUT2D eigenvalue weighted by atomic mass is 10.1. The van der Waals surface area contributed by atoms with Crippen molar-refractivity contribution in [1.29, 1.82) is 0 Å². The number of hydrogen-bond acceptors (Lipinski definition) is 4. The number of aromatic nitrogens is 1. The van der Waals surface area contributed by atoms with E-state index in [4.69, 9.17) is 0 Å². The third-order valence-electron chi connectivity index (χ3n) is 4.19. The van der Waals surface area contributed by atoms with Gasteiger partial charge in [-0.3, -0.25) is 9.59 Å². The van der Waals surface area contributed by atoms with Crippen molar-refractivity contribution in [2.75, 3.05) is 11.9 Å². The summed E-state index contributed by atoms with van der Waals surface area (Å²) in [5.74, 6) is -2.23. The molecule has 2 amide bonds. The van der Waals surface area contributed by atoms with Crippen molar-refractivity contribution < 1.29 is 31.9 Å². The molecule has 1 unspecified atom stereocenters. The zero-order valence-corrected chi connectivity index (χ0v) is 17.4. The molecule has 10 heteroatoms. The largest absolute Gasteiger partial charge is 0.484 e. The number of benzene rings is 1. The number of halogens is 4. The average Bonchev–Trinajstić information content (AvgIpc) is 2.65. The van der Waals surface area contributed by atoms with Crippen LogP contribution in [0.2, 0.25) is 0 Å². The summed E-state index contributed by atoms with van der Waals surface area (Å²) in [6.45, 7) is 5.31. The number of amides is 2. The van der Waals surface area contributed by atoms with Gasteiger partial charge in [0.1, 0.15) is 17.4 Å². The van der Waals surface area contributed by atoms with Gasteiger partial charge in [0.2, 0.25) is 5.91 Å². The predicted molar refractivity (Wildman–Crippen MR) is 106 cm³/mol. The minimum Gasteiger partial charge on any atom is -0.484 e. The molecule has 2 aromatic rings. The maximum atomic E-state index is 14.2. The topological polar surface area (TPSA) is 80.3 Å². The lowest BCUT2D eigenvalue weighted by Gasteiger charge is -2.17. The summed E-state index contributed by atoms with van der Waals surface area (Å²) in [4.78, 5) is 28.6. The van der Waals surface area contributed by atoms with E-state index in [0.29, 0.717) is 17.1 Å². The Labute approximate surface area is 177 Å². The van der Waals surface area contributed by atoms with Crippen LogP contribution in [0, 0.1) is 18.7 Å². The third-order valence-corrected chi connectivity index (χ3v) is 4.19. The van der Waals surface area contributed by atoms with Crippen LogP contribution in [0.25, 0.3) is 0 Å². The summed E-state index contributed by atoms with van der Waals surface area (Å²) in [7, 11) is 0. The van der Waals surface area contributed by atoms with E-state index in [1.54, 1.807) is 39.8 Å². The summed E-state index contributed by atoms with van der Waals surface area (Å²) >= 11 is 0. The molecule has 0 radical (unpaired) electrons. The Balaban J connectivity index is 2.11. The molecule has 31 heavy (non-hydrogen) atoms. The van der Waals surface area contributed by atoms with Crippen LogP contribution in [0.5, 0.6) is 5.75 Å². The molecular weight excluding hydrogens is 418 g/mol. The van der Waals surface area contributed by atoms with E-state index in [0.717, 1.165) is 18.2 Å². The van der Waals surface area contributed by atoms with Gasteiger partial charge in [-0.05, 0) is 43.7 Å². The van der Waals surface area contributed by atoms with Gasteiger partial charge in [-0.25, -0.2) is 9.37 Å². The SMILES string of the molecule is Cc1cc(C(C)NC(=O)c2ccc(OCC(F)(F)F)cc2F)cc(NC(=O)C(C)C)n1. The highest BCUT2D eigenvalue weighted by atomic mass is 19.4. The lowest BCUT2D eigenvalue weighted by Crippen LogP contribution is -2.28. The number of carbonyl (C=O) groups is 2. The van der Waals surface area contributed by atoms with Crippen molar-refractivity contribution in [2.24, 2.45) is 5.92 Å². The first-order chi connectivity index (χ1) is 14.4. The fourth-order valence-corrected chi connectivity index (χ4v) is 2.57. The summed E-state index contributed by atoms with van der Waals surface area (Å²) in [6.07, 6.45) is -4.56. The third kappa shape index (κ3) is 7.23. The second kappa shape index (κ2) is 9.76. The molecular formula is C21H23F4N3O3. The molecule has 168 valence electrons. The van der Waals surface area contributed by atoms with Crippen molar-refractivity contribution in [3.8, 4) is 5.75 Å². The van der Waals surface area contributed by atoms with Crippen LogP contribution in [0.4, 0.5) is 23.4 Å². The first-order valence-corrected chi connectivity index (χ1v) is 9.45. The predicted octanol–water partition coefficient (Wildman–Crippen LogP) is 4.56. The van der Waals surface area contributed by atoms with Gasteiger partial charge in [0, 0.05) is 17.7 Å². The van der Waals surface area contributed by atoms with Crippen LogP contribution in [-0.4, -0.2) is 29.6 Å². The van der Waals surface area contributed by atoms with E-state index < -0.39 is 30.5 Å². The lowest BCUT2D eigenvalue weighted by molar-refractivity contribution is -0.153. The molecule has 0 fully saturated rings. The molecule has 1 atom stereocenters. The van der Waals surface area contributed by atoms with Gasteiger partial charge in [0.15, 0.2) is 6.61 Å². The molecule has 6 nitrogen and oxygen atoms in total. The van der Waals surface area contributed by atoms with Gasteiger partial charge in [0.25, 0.3) is 5.91 Å². The van der Waals surface area contributed by atoms with Crippen LogP contribution in [0.15, 0.2) is 30.3 Å². The maximum Gasteiger partial charge on any atom is 0.422 e. The Bertz CT molecular complexity index is 961. The average molecular weight is 441 g/mol. The first-order valence-electron chi connectivity index (χ1n) is 9.45. The second-order valence-corrected chi connectivity index (χ2v) is 7.31. The number of aryl methyl sites for hydroxylation is 1.